The summed E-state index contributed by atoms with van der Waals surface area (Å²) in [5.41, 5.74) is 4.99. The van der Waals surface area contributed by atoms with Gasteiger partial charge in [0, 0.05) is 5.56 Å². The smallest absolute Gasteiger partial charge is 0.127 e. The van der Waals surface area contributed by atoms with Crippen molar-refractivity contribution >= 4 is 0 Å². The highest BCUT2D eigenvalue weighted by Crippen LogP contribution is 2.36. The Hall–Kier alpha value is -1.02. The van der Waals surface area contributed by atoms with Gasteiger partial charge in [0.15, 0.2) is 0 Å². The molecule has 0 amide bonds. The molecule has 0 heterocycles. The van der Waals surface area contributed by atoms with Gasteiger partial charge in [-0.25, -0.2) is 0 Å². The molecule has 88 valence electrons. The van der Waals surface area contributed by atoms with Crippen molar-refractivity contribution in [1.29, 1.82) is 0 Å². The van der Waals surface area contributed by atoms with Crippen LogP contribution in [0.25, 0.3) is 0 Å². The molecule has 1 aliphatic rings. The number of ether oxygens (including phenoxy) is 1. The van der Waals surface area contributed by atoms with Gasteiger partial charge in [-0.3, -0.25) is 0 Å². The molecule has 1 aromatic carbocycles. The zero-order chi connectivity index (χ0) is 11.7. The van der Waals surface area contributed by atoms with Crippen LogP contribution in [-0.4, -0.2) is 12.2 Å². The second kappa shape index (κ2) is 4.46. The van der Waals surface area contributed by atoms with E-state index in [1.165, 1.54) is 29.5 Å². The molecule has 2 rings (SSSR count). The normalized spacial score (nSPS) is 16.8. The van der Waals surface area contributed by atoms with Gasteiger partial charge < -0.3 is 9.84 Å². The van der Waals surface area contributed by atoms with Crippen LogP contribution in [-0.2, 0) is 12.8 Å². The van der Waals surface area contributed by atoms with E-state index in [0.29, 0.717) is 0 Å². The number of aliphatic hydroxyl groups is 1. The van der Waals surface area contributed by atoms with Crippen LogP contribution in [0.1, 0.15) is 48.1 Å². The minimum Gasteiger partial charge on any atom is -0.496 e. The van der Waals surface area contributed by atoms with E-state index in [1.54, 1.807) is 14.0 Å². The molecule has 2 nitrogen and oxygen atoms in total. The number of hydrogen-bond donors (Lipinski definition) is 1. The van der Waals surface area contributed by atoms with Gasteiger partial charge in [0.1, 0.15) is 5.75 Å². The number of methoxy groups -OCH3 is 1. The maximum Gasteiger partial charge on any atom is 0.127 e. The third-order valence-corrected chi connectivity index (χ3v) is 3.55. The quantitative estimate of drug-likeness (QED) is 0.830. The van der Waals surface area contributed by atoms with Crippen molar-refractivity contribution in [3.8, 4) is 5.75 Å². The van der Waals surface area contributed by atoms with E-state index in [0.717, 1.165) is 24.2 Å². The minimum absolute atomic E-state index is 0.458. The molecule has 2 heteroatoms. The third-order valence-electron chi connectivity index (χ3n) is 3.55. The summed E-state index contributed by atoms with van der Waals surface area (Å²) in [6.07, 6.45) is 4.36. The molecule has 0 radical (unpaired) electrons. The maximum atomic E-state index is 9.78. The summed E-state index contributed by atoms with van der Waals surface area (Å²) >= 11 is 0. The molecular weight excluding hydrogens is 200 g/mol. The molecule has 0 spiro atoms. The van der Waals surface area contributed by atoms with Crippen molar-refractivity contribution in [1.82, 2.24) is 0 Å². The van der Waals surface area contributed by atoms with Crippen molar-refractivity contribution in [2.24, 2.45) is 0 Å². The van der Waals surface area contributed by atoms with E-state index in [4.69, 9.17) is 4.74 Å². The average molecular weight is 220 g/mol. The largest absolute Gasteiger partial charge is 0.496 e. The van der Waals surface area contributed by atoms with Crippen molar-refractivity contribution in [2.45, 2.75) is 45.6 Å². The van der Waals surface area contributed by atoms with Gasteiger partial charge in [0.05, 0.1) is 13.2 Å². The van der Waals surface area contributed by atoms with Gasteiger partial charge in [-0.2, -0.15) is 0 Å². The van der Waals surface area contributed by atoms with Crippen LogP contribution in [0.15, 0.2) is 6.07 Å². The lowest BCUT2D eigenvalue weighted by Gasteiger charge is -2.23. The van der Waals surface area contributed by atoms with Crippen LogP contribution in [0.4, 0.5) is 0 Å². The highest BCUT2D eigenvalue weighted by molar-refractivity contribution is 5.51. The van der Waals surface area contributed by atoms with Crippen LogP contribution in [0.2, 0.25) is 0 Å². The lowest BCUT2D eigenvalue weighted by Crippen LogP contribution is -2.09. The van der Waals surface area contributed by atoms with Gasteiger partial charge >= 0.3 is 0 Å². The predicted octanol–water partition coefficient (Wildman–Crippen LogP) is 2.94. The molecule has 0 saturated carbocycles. The zero-order valence-electron chi connectivity index (χ0n) is 10.3. The number of aliphatic hydroxyl groups excluding tert-OH is 1. The van der Waals surface area contributed by atoms with Crippen molar-refractivity contribution in [2.75, 3.05) is 7.11 Å². The SMILES string of the molecule is COc1c(C(C)O)cc2c(c1C)CCCC2. The van der Waals surface area contributed by atoms with E-state index >= 15 is 0 Å². The van der Waals surface area contributed by atoms with Crippen molar-refractivity contribution in [3.63, 3.8) is 0 Å². The van der Waals surface area contributed by atoms with Crippen LogP contribution < -0.4 is 4.74 Å². The lowest BCUT2D eigenvalue weighted by molar-refractivity contribution is 0.194. The summed E-state index contributed by atoms with van der Waals surface area (Å²) in [6, 6.07) is 2.13. The summed E-state index contributed by atoms with van der Waals surface area (Å²) in [5.74, 6) is 0.871. The van der Waals surface area contributed by atoms with Gasteiger partial charge in [-0.05, 0) is 62.3 Å². The van der Waals surface area contributed by atoms with Crippen LogP contribution in [0.3, 0.4) is 0 Å². The van der Waals surface area contributed by atoms with E-state index in [2.05, 4.69) is 13.0 Å². The Morgan fingerprint density at radius 1 is 1.31 bits per heavy atom. The minimum atomic E-state index is -0.458. The van der Waals surface area contributed by atoms with Gasteiger partial charge in [0.25, 0.3) is 0 Å². The molecule has 0 saturated heterocycles. The fraction of sp³-hybridized carbons (Fsp3) is 0.571. The van der Waals surface area contributed by atoms with Crippen molar-refractivity contribution in [3.05, 3.63) is 28.3 Å². The summed E-state index contributed by atoms with van der Waals surface area (Å²) in [6.45, 7) is 3.90. The fourth-order valence-electron chi connectivity index (χ4n) is 2.70. The van der Waals surface area contributed by atoms with Gasteiger partial charge in [-0.1, -0.05) is 0 Å². The Morgan fingerprint density at radius 2 is 2.00 bits per heavy atom. The molecule has 1 atom stereocenters. The first-order chi connectivity index (χ1) is 7.65. The molecule has 1 aliphatic carbocycles. The zero-order valence-corrected chi connectivity index (χ0v) is 10.3. The molecular formula is C14H20O2. The first kappa shape index (κ1) is 11.5. The average Bonchev–Trinajstić information content (AvgIpc) is 2.29. The van der Waals surface area contributed by atoms with Gasteiger partial charge in [-0.15, -0.1) is 0 Å². The van der Waals surface area contributed by atoms with E-state index in [9.17, 15) is 5.11 Å². The Labute approximate surface area is 97.3 Å². The third kappa shape index (κ3) is 1.82. The lowest BCUT2D eigenvalue weighted by atomic mass is 9.85. The summed E-state index contributed by atoms with van der Waals surface area (Å²) in [7, 11) is 1.68. The monoisotopic (exact) mass is 220 g/mol. The number of aryl methyl sites for hydroxylation is 1. The first-order valence-electron chi connectivity index (χ1n) is 6.02. The second-order valence-electron chi connectivity index (χ2n) is 4.64. The van der Waals surface area contributed by atoms with Crippen LogP contribution in [0.5, 0.6) is 5.75 Å². The Balaban J connectivity index is 2.59. The Kier molecular flexibility index (Phi) is 3.20. The number of fused-ring (bicyclic) bond motifs is 1. The Bertz CT molecular complexity index is 394. The standard InChI is InChI=1S/C14H20O2/c1-9-12-7-5-4-6-11(12)8-13(10(2)15)14(9)16-3/h8,10,15H,4-7H2,1-3H3. The maximum absolute atomic E-state index is 9.78. The van der Waals surface area contributed by atoms with Gasteiger partial charge in [0.2, 0.25) is 0 Å². The van der Waals surface area contributed by atoms with Crippen LogP contribution in [0, 0.1) is 6.92 Å². The van der Waals surface area contributed by atoms with E-state index in [1.807, 2.05) is 0 Å². The molecule has 1 aromatic rings. The highest BCUT2D eigenvalue weighted by atomic mass is 16.5. The second-order valence-corrected chi connectivity index (χ2v) is 4.64. The van der Waals surface area contributed by atoms with Crippen molar-refractivity contribution < 1.29 is 9.84 Å². The van der Waals surface area contributed by atoms with E-state index in [-0.39, 0.29) is 0 Å². The summed E-state index contributed by atoms with van der Waals surface area (Å²) in [4.78, 5) is 0. The first-order valence-corrected chi connectivity index (χ1v) is 6.02. The predicted molar refractivity (Wildman–Crippen MR) is 65.0 cm³/mol. The van der Waals surface area contributed by atoms with Crippen LogP contribution >= 0.6 is 0 Å². The Morgan fingerprint density at radius 3 is 2.62 bits per heavy atom. The summed E-state index contributed by atoms with van der Waals surface area (Å²) in [5, 5.41) is 9.78. The molecule has 16 heavy (non-hydrogen) atoms. The molecule has 0 aromatic heterocycles. The highest BCUT2D eigenvalue weighted by Gasteiger charge is 2.20. The topological polar surface area (TPSA) is 29.5 Å². The number of benzene rings is 1. The number of hydrogen-bond acceptors (Lipinski definition) is 2. The molecule has 0 aliphatic heterocycles. The van der Waals surface area contributed by atoms with E-state index < -0.39 is 6.10 Å². The fourth-order valence-corrected chi connectivity index (χ4v) is 2.70. The molecule has 1 N–H and O–H groups in total. The summed E-state index contributed by atoms with van der Waals surface area (Å²) < 4.78 is 5.44. The number of rotatable bonds is 2. The molecule has 1 unspecified atom stereocenters. The molecule has 0 bridgehead atoms. The molecule has 0 fully saturated rings.